The van der Waals surface area contributed by atoms with E-state index in [2.05, 4.69) is 15.2 Å². The van der Waals surface area contributed by atoms with Crippen molar-refractivity contribution in [2.24, 2.45) is 0 Å². The third kappa shape index (κ3) is 5.30. The molecular weight excluding hydrogens is 488 g/mol. The third-order valence-corrected chi connectivity index (χ3v) is 7.68. The fourth-order valence-electron chi connectivity index (χ4n) is 4.89. The molecule has 0 spiro atoms. The minimum atomic E-state index is -0.213. The van der Waals surface area contributed by atoms with Crippen LogP contribution in [0.2, 0.25) is 0 Å². The Bertz CT molecular complexity index is 1480. The molecule has 0 saturated carbocycles. The van der Waals surface area contributed by atoms with Gasteiger partial charge in [-0.15, -0.1) is 11.3 Å². The number of aryl methyl sites for hydroxylation is 2. The monoisotopic (exact) mass is 520 g/mol. The Labute approximate surface area is 219 Å². The van der Waals surface area contributed by atoms with Gasteiger partial charge in [-0.2, -0.15) is 5.10 Å². The summed E-state index contributed by atoms with van der Waals surface area (Å²) in [6.45, 7) is 7.43. The quantitative estimate of drug-likeness (QED) is 0.383. The number of hydrogen-bond acceptors (Lipinski definition) is 7. The number of amides is 1. The molecule has 0 radical (unpaired) electrons. The number of hydrogen-bond donors (Lipinski definition) is 1. The molecule has 10 heteroatoms. The van der Waals surface area contributed by atoms with Crippen LogP contribution in [-0.2, 0) is 11.2 Å². The van der Waals surface area contributed by atoms with E-state index in [1.54, 1.807) is 16.2 Å². The first-order chi connectivity index (χ1) is 17.9. The third-order valence-electron chi connectivity index (χ3n) is 6.80. The molecule has 4 heterocycles. The van der Waals surface area contributed by atoms with E-state index >= 15 is 0 Å². The van der Waals surface area contributed by atoms with Crippen LogP contribution >= 0.6 is 11.3 Å². The average molecular weight is 521 g/mol. The standard InChI is InChI=1S/C27H32N6O3S/c1-18-14-23(30-33(18)20-8-7-9-22(15-20)36-3)25-19(2)29-27-32(26(25)35)21(17-37-27)16-24(34)28-10-13-31-11-5-4-6-12-31/h7-9,14-15,17H,4-6,10-13,16H2,1-3H3,(H,28,34). The molecule has 37 heavy (non-hydrogen) atoms. The lowest BCUT2D eigenvalue weighted by Crippen LogP contribution is -2.38. The lowest BCUT2D eigenvalue weighted by atomic mass is 10.1. The van der Waals surface area contributed by atoms with Crippen LogP contribution in [0.5, 0.6) is 5.75 Å². The molecule has 1 fully saturated rings. The highest BCUT2D eigenvalue weighted by Crippen LogP contribution is 2.24. The number of fused-ring (bicyclic) bond motifs is 1. The average Bonchev–Trinajstić information content (AvgIpc) is 3.47. The summed E-state index contributed by atoms with van der Waals surface area (Å²) >= 11 is 1.37. The maximum atomic E-state index is 13.7. The van der Waals surface area contributed by atoms with E-state index in [0.717, 1.165) is 36.8 Å². The number of methoxy groups -OCH3 is 1. The van der Waals surface area contributed by atoms with Crippen molar-refractivity contribution >= 4 is 22.2 Å². The summed E-state index contributed by atoms with van der Waals surface area (Å²) in [4.78, 5) is 34.1. The number of nitrogens with one attached hydrogen (secondary N) is 1. The molecule has 0 atom stereocenters. The Morgan fingerprint density at radius 1 is 1.16 bits per heavy atom. The first kappa shape index (κ1) is 25.2. The van der Waals surface area contributed by atoms with Crippen molar-refractivity contribution in [2.75, 3.05) is 33.3 Å². The topological polar surface area (TPSA) is 93.8 Å². The van der Waals surface area contributed by atoms with Crippen molar-refractivity contribution in [3.05, 3.63) is 63.1 Å². The van der Waals surface area contributed by atoms with Crippen molar-refractivity contribution in [1.29, 1.82) is 0 Å². The van der Waals surface area contributed by atoms with E-state index < -0.39 is 0 Å². The SMILES string of the molecule is COc1cccc(-n2nc(-c3c(C)nc4scc(CC(=O)NCCN5CCCCC5)n4c3=O)cc2C)c1. The predicted molar refractivity (Wildman–Crippen MR) is 145 cm³/mol. The Balaban J connectivity index is 1.39. The molecule has 1 saturated heterocycles. The van der Waals surface area contributed by atoms with Crippen LogP contribution in [0.3, 0.4) is 0 Å². The number of ether oxygens (including phenoxy) is 1. The van der Waals surface area contributed by atoms with Gasteiger partial charge in [0.05, 0.1) is 30.5 Å². The zero-order chi connectivity index (χ0) is 25.9. The van der Waals surface area contributed by atoms with Gasteiger partial charge in [0.15, 0.2) is 4.96 Å². The number of rotatable bonds is 8. The van der Waals surface area contributed by atoms with Gasteiger partial charge in [-0.1, -0.05) is 12.5 Å². The van der Waals surface area contributed by atoms with Gasteiger partial charge >= 0.3 is 0 Å². The molecule has 0 aliphatic carbocycles. The van der Waals surface area contributed by atoms with E-state index in [1.807, 2.05) is 49.6 Å². The van der Waals surface area contributed by atoms with E-state index in [9.17, 15) is 9.59 Å². The zero-order valence-electron chi connectivity index (χ0n) is 21.5. The number of carbonyl (C=O) groups excluding carboxylic acids is 1. The molecule has 0 unspecified atom stereocenters. The molecule has 1 amide bonds. The van der Waals surface area contributed by atoms with Crippen LogP contribution in [0, 0.1) is 13.8 Å². The van der Waals surface area contributed by atoms with Crippen molar-refractivity contribution in [3.8, 4) is 22.7 Å². The smallest absolute Gasteiger partial charge is 0.268 e. The predicted octanol–water partition coefficient (Wildman–Crippen LogP) is 3.38. The molecule has 9 nitrogen and oxygen atoms in total. The molecule has 4 aromatic rings. The minimum Gasteiger partial charge on any atom is -0.497 e. The largest absolute Gasteiger partial charge is 0.497 e. The summed E-state index contributed by atoms with van der Waals surface area (Å²) < 4.78 is 8.69. The summed E-state index contributed by atoms with van der Waals surface area (Å²) in [5.41, 5.74) is 3.74. The van der Waals surface area contributed by atoms with Crippen LogP contribution in [0.4, 0.5) is 0 Å². The number of benzene rings is 1. The van der Waals surface area contributed by atoms with Crippen LogP contribution < -0.4 is 15.6 Å². The summed E-state index contributed by atoms with van der Waals surface area (Å²) in [6, 6.07) is 9.49. The Hall–Kier alpha value is -3.50. The number of nitrogens with zero attached hydrogens (tertiary/aromatic N) is 5. The number of carbonyl (C=O) groups is 1. The second kappa shape index (κ2) is 10.9. The van der Waals surface area contributed by atoms with E-state index in [1.165, 1.54) is 30.6 Å². The molecular formula is C27H32N6O3S. The zero-order valence-corrected chi connectivity index (χ0v) is 22.3. The van der Waals surface area contributed by atoms with Crippen LogP contribution in [0.1, 0.15) is 36.3 Å². The second-order valence-corrected chi connectivity index (χ2v) is 10.3. The fourth-order valence-corrected chi connectivity index (χ4v) is 5.81. The van der Waals surface area contributed by atoms with Crippen LogP contribution in [0.25, 0.3) is 21.9 Å². The van der Waals surface area contributed by atoms with Crippen molar-refractivity contribution in [2.45, 2.75) is 39.5 Å². The number of thiazole rings is 1. The maximum absolute atomic E-state index is 13.7. The number of likely N-dealkylation sites (tertiary alicyclic amines) is 1. The number of aromatic nitrogens is 4. The molecule has 1 aliphatic rings. The Morgan fingerprint density at radius 3 is 2.76 bits per heavy atom. The molecule has 5 rings (SSSR count). The molecule has 0 bridgehead atoms. The van der Waals surface area contributed by atoms with Crippen molar-refractivity contribution < 1.29 is 9.53 Å². The van der Waals surface area contributed by atoms with Crippen molar-refractivity contribution in [1.82, 2.24) is 29.4 Å². The van der Waals surface area contributed by atoms with Crippen LogP contribution in [0.15, 0.2) is 40.5 Å². The summed E-state index contributed by atoms with van der Waals surface area (Å²) in [5.74, 6) is 0.634. The van der Waals surface area contributed by atoms with E-state index in [-0.39, 0.29) is 17.9 Å². The first-order valence-corrected chi connectivity index (χ1v) is 13.5. The van der Waals surface area contributed by atoms with E-state index in [0.29, 0.717) is 34.2 Å². The van der Waals surface area contributed by atoms with Gasteiger partial charge in [0, 0.05) is 35.9 Å². The first-order valence-electron chi connectivity index (χ1n) is 12.6. The van der Waals surface area contributed by atoms with Crippen molar-refractivity contribution in [3.63, 3.8) is 0 Å². The highest BCUT2D eigenvalue weighted by molar-refractivity contribution is 7.15. The lowest BCUT2D eigenvalue weighted by molar-refractivity contribution is -0.120. The van der Waals surface area contributed by atoms with Gasteiger partial charge in [0.25, 0.3) is 5.56 Å². The second-order valence-electron chi connectivity index (χ2n) is 9.44. The highest BCUT2D eigenvalue weighted by Gasteiger charge is 2.20. The van der Waals surface area contributed by atoms with Gasteiger partial charge in [0.1, 0.15) is 11.4 Å². The molecule has 1 N–H and O–H groups in total. The van der Waals surface area contributed by atoms with Gasteiger partial charge in [-0.3, -0.25) is 14.0 Å². The normalized spacial score (nSPS) is 14.2. The van der Waals surface area contributed by atoms with Gasteiger partial charge in [0.2, 0.25) is 5.91 Å². The van der Waals surface area contributed by atoms with E-state index in [4.69, 9.17) is 9.84 Å². The van der Waals surface area contributed by atoms with Gasteiger partial charge < -0.3 is 15.0 Å². The van der Waals surface area contributed by atoms with Gasteiger partial charge in [-0.25, -0.2) is 9.67 Å². The summed E-state index contributed by atoms with van der Waals surface area (Å²) in [6.07, 6.45) is 3.87. The number of piperidine rings is 1. The lowest BCUT2D eigenvalue weighted by Gasteiger charge is -2.26. The highest BCUT2D eigenvalue weighted by atomic mass is 32.1. The summed E-state index contributed by atoms with van der Waals surface area (Å²) in [7, 11) is 1.62. The minimum absolute atomic E-state index is 0.0936. The Kier molecular flexibility index (Phi) is 7.38. The molecule has 3 aromatic heterocycles. The summed E-state index contributed by atoms with van der Waals surface area (Å²) in [5, 5.41) is 9.60. The van der Waals surface area contributed by atoms with Gasteiger partial charge in [-0.05, 0) is 58.0 Å². The maximum Gasteiger partial charge on any atom is 0.268 e. The molecule has 1 aliphatic heterocycles. The fraction of sp³-hybridized carbons (Fsp3) is 0.407. The Morgan fingerprint density at radius 2 is 1.97 bits per heavy atom. The van der Waals surface area contributed by atoms with Crippen LogP contribution in [-0.4, -0.2) is 63.3 Å². The molecule has 1 aromatic carbocycles. The molecule has 194 valence electrons.